The second-order valence-electron chi connectivity index (χ2n) is 6.31. The minimum Gasteiger partial charge on any atom is -1.00 e. The highest BCUT2D eigenvalue weighted by molar-refractivity contribution is 6.35. The minimum atomic E-state index is -4.86. The standard InChI is InChI=1S/C15H8ClF3O3.C8H9NO2.ClH/c16-12-6-2-4-10(8-20)13(12)14(21)9-3-1-5-11(7-9)22-15(17,18)19;1-11-8(10)6-4-2-3-5-7(6)9;/h1-8H;2-5H,9H2,1H3;1H/p-1. The number of aldehydes is 1. The van der Waals surface area contributed by atoms with Crippen molar-refractivity contribution < 1.29 is 49.4 Å². The predicted octanol–water partition coefficient (Wildman–Crippen LogP) is 2.34. The zero-order valence-corrected chi connectivity index (χ0v) is 18.9. The molecule has 0 aromatic heterocycles. The van der Waals surface area contributed by atoms with E-state index in [0.717, 1.165) is 12.1 Å². The topological polar surface area (TPSA) is 95.7 Å². The summed E-state index contributed by atoms with van der Waals surface area (Å²) in [4.78, 5) is 34.3. The van der Waals surface area contributed by atoms with Crippen LogP contribution in [0, 0.1) is 0 Å². The fourth-order valence-electron chi connectivity index (χ4n) is 2.65. The molecule has 0 radical (unpaired) electrons. The lowest BCUT2D eigenvalue weighted by Crippen LogP contribution is -3.00. The van der Waals surface area contributed by atoms with Crippen molar-refractivity contribution in [2.75, 3.05) is 12.8 Å². The van der Waals surface area contributed by atoms with Gasteiger partial charge in [-0.1, -0.05) is 48.0 Å². The number of nitrogens with two attached hydrogens (primary N) is 1. The number of nitrogen functional groups attached to an aromatic ring is 1. The molecular weight excluding hydrogens is 498 g/mol. The Hall–Kier alpha value is -3.56. The van der Waals surface area contributed by atoms with Crippen molar-refractivity contribution in [3.8, 4) is 5.75 Å². The molecule has 180 valence electrons. The van der Waals surface area contributed by atoms with Gasteiger partial charge in [0.1, 0.15) is 5.75 Å². The quantitative estimate of drug-likeness (QED) is 0.243. The first-order valence-corrected chi connectivity index (χ1v) is 9.52. The fourth-order valence-corrected chi connectivity index (χ4v) is 2.92. The zero-order valence-electron chi connectivity index (χ0n) is 17.4. The van der Waals surface area contributed by atoms with E-state index in [1.807, 2.05) is 0 Å². The monoisotopic (exact) mass is 514 g/mol. The lowest BCUT2D eigenvalue weighted by atomic mass is 9.99. The van der Waals surface area contributed by atoms with E-state index in [0.29, 0.717) is 17.5 Å². The van der Waals surface area contributed by atoms with E-state index in [1.165, 1.54) is 37.4 Å². The molecule has 0 fully saturated rings. The van der Waals surface area contributed by atoms with Gasteiger partial charge in [0.25, 0.3) is 0 Å². The number of carbonyl (C=O) groups is 3. The number of esters is 1. The van der Waals surface area contributed by atoms with E-state index >= 15 is 0 Å². The average Bonchev–Trinajstić information content (AvgIpc) is 2.77. The van der Waals surface area contributed by atoms with E-state index in [-0.39, 0.29) is 34.1 Å². The van der Waals surface area contributed by atoms with E-state index in [4.69, 9.17) is 17.3 Å². The molecule has 3 aromatic carbocycles. The number of hydrogen-bond donors (Lipinski definition) is 1. The van der Waals surface area contributed by atoms with Gasteiger partial charge < -0.3 is 27.6 Å². The lowest BCUT2D eigenvalue weighted by Gasteiger charge is -2.10. The van der Waals surface area contributed by atoms with Gasteiger partial charge >= 0.3 is 12.3 Å². The van der Waals surface area contributed by atoms with Crippen LogP contribution in [0.15, 0.2) is 66.7 Å². The third kappa shape index (κ3) is 7.79. The third-order valence-electron chi connectivity index (χ3n) is 4.10. The Bertz CT molecular complexity index is 1170. The Kier molecular flexibility index (Phi) is 10.6. The molecule has 0 atom stereocenters. The van der Waals surface area contributed by atoms with E-state index in [1.54, 1.807) is 24.3 Å². The molecule has 2 N–H and O–H groups in total. The Labute approximate surface area is 203 Å². The maximum absolute atomic E-state index is 12.4. The second-order valence-corrected chi connectivity index (χ2v) is 6.71. The first-order chi connectivity index (χ1) is 15.6. The molecule has 0 aliphatic rings. The highest BCUT2D eigenvalue weighted by atomic mass is 35.5. The van der Waals surface area contributed by atoms with Crippen molar-refractivity contribution in [2.45, 2.75) is 6.36 Å². The van der Waals surface area contributed by atoms with Gasteiger partial charge in [0.2, 0.25) is 0 Å². The van der Waals surface area contributed by atoms with Crippen molar-refractivity contribution in [2.24, 2.45) is 0 Å². The largest absolute Gasteiger partial charge is 1.00 e. The third-order valence-corrected chi connectivity index (χ3v) is 4.41. The summed E-state index contributed by atoms with van der Waals surface area (Å²) in [6.07, 6.45) is -4.41. The van der Waals surface area contributed by atoms with Crippen LogP contribution in [0.2, 0.25) is 5.02 Å². The minimum absolute atomic E-state index is 0. The van der Waals surface area contributed by atoms with E-state index < -0.39 is 23.9 Å². The number of para-hydroxylation sites is 1. The van der Waals surface area contributed by atoms with Crippen LogP contribution in [0.25, 0.3) is 0 Å². The van der Waals surface area contributed by atoms with Crippen molar-refractivity contribution in [3.05, 3.63) is 94.0 Å². The van der Waals surface area contributed by atoms with Crippen LogP contribution in [0.1, 0.15) is 36.6 Å². The summed E-state index contributed by atoms with van der Waals surface area (Å²) >= 11 is 5.91. The summed E-state index contributed by atoms with van der Waals surface area (Å²) in [5.74, 6) is -1.60. The maximum atomic E-state index is 12.4. The summed E-state index contributed by atoms with van der Waals surface area (Å²) in [6.45, 7) is 0. The van der Waals surface area contributed by atoms with Crippen molar-refractivity contribution in [1.82, 2.24) is 0 Å². The summed E-state index contributed by atoms with van der Waals surface area (Å²) in [6, 6.07) is 15.6. The van der Waals surface area contributed by atoms with Crippen LogP contribution < -0.4 is 22.9 Å². The van der Waals surface area contributed by atoms with Gasteiger partial charge in [0.15, 0.2) is 12.1 Å². The zero-order chi connectivity index (χ0) is 24.6. The lowest BCUT2D eigenvalue weighted by molar-refractivity contribution is -0.274. The smallest absolute Gasteiger partial charge is 0.573 e. The number of halogens is 5. The van der Waals surface area contributed by atoms with Crippen molar-refractivity contribution in [1.29, 1.82) is 0 Å². The number of ketones is 1. The highest BCUT2D eigenvalue weighted by Gasteiger charge is 2.31. The number of carbonyl (C=O) groups excluding carboxylic acids is 3. The number of hydrogen-bond acceptors (Lipinski definition) is 6. The molecular formula is C23H17Cl2F3NO5-. The van der Waals surface area contributed by atoms with Gasteiger partial charge in [0, 0.05) is 16.8 Å². The predicted molar refractivity (Wildman–Crippen MR) is 116 cm³/mol. The SMILES string of the molecule is COC(=O)c1ccccc1N.O=Cc1cccc(Cl)c1C(=O)c1cccc(OC(F)(F)F)c1.[Cl-]. The van der Waals surface area contributed by atoms with Gasteiger partial charge in [-0.2, -0.15) is 0 Å². The van der Waals surface area contributed by atoms with Crippen LogP contribution in [-0.4, -0.2) is 31.5 Å². The molecule has 0 spiro atoms. The molecule has 34 heavy (non-hydrogen) atoms. The van der Waals surface area contributed by atoms with Gasteiger partial charge in [-0.25, -0.2) is 4.79 Å². The number of benzene rings is 3. The van der Waals surface area contributed by atoms with Gasteiger partial charge in [-0.3, -0.25) is 9.59 Å². The number of anilines is 1. The van der Waals surface area contributed by atoms with Crippen molar-refractivity contribution >= 4 is 35.3 Å². The first-order valence-electron chi connectivity index (χ1n) is 9.14. The van der Waals surface area contributed by atoms with Crippen LogP contribution in [0.4, 0.5) is 18.9 Å². The second kappa shape index (κ2) is 12.6. The molecule has 11 heteroatoms. The Balaban J connectivity index is 0.000000407. The number of rotatable bonds is 5. The first kappa shape index (κ1) is 28.5. The van der Waals surface area contributed by atoms with Gasteiger partial charge in [-0.15, -0.1) is 13.2 Å². The van der Waals surface area contributed by atoms with E-state index in [2.05, 4.69) is 9.47 Å². The summed E-state index contributed by atoms with van der Waals surface area (Å²) in [5.41, 5.74) is 6.27. The van der Waals surface area contributed by atoms with Crippen LogP contribution in [0.5, 0.6) is 5.75 Å². The molecule has 3 aromatic rings. The van der Waals surface area contributed by atoms with Gasteiger partial charge in [0.05, 0.1) is 23.3 Å². The maximum Gasteiger partial charge on any atom is 0.573 e. The number of ether oxygens (including phenoxy) is 2. The van der Waals surface area contributed by atoms with Crippen LogP contribution >= 0.6 is 11.6 Å². The summed E-state index contributed by atoms with van der Waals surface area (Å²) < 4.78 is 44.9. The molecule has 0 amide bonds. The number of methoxy groups -OCH3 is 1. The molecule has 0 unspecified atom stereocenters. The molecule has 0 bridgehead atoms. The Morgan fingerprint density at radius 1 is 1.00 bits per heavy atom. The molecule has 0 saturated heterocycles. The fraction of sp³-hybridized carbons (Fsp3) is 0.0870. The Morgan fingerprint density at radius 3 is 2.24 bits per heavy atom. The molecule has 0 aliphatic heterocycles. The molecule has 0 aliphatic carbocycles. The average molecular weight is 515 g/mol. The van der Waals surface area contributed by atoms with Gasteiger partial charge in [-0.05, 0) is 30.3 Å². The summed E-state index contributed by atoms with van der Waals surface area (Å²) in [7, 11) is 1.33. The molecule has 0 heterocycles. The summed E-state index contributed by atoms with van der Waals surface area (Å²) in [5, 5.41) is 0.0387. The van der Waals surface area contributed by atoms with Crippen LogP contribution in [0.3, 0.4) is 0 Å². The normalized spacial score (nSPS) is 10.1. The molecule has 0 saturated carbocycles. The molecule has 6 nitrogen and oxygen atoms in total. The highest BCUT2D eigenvalue weighted by Crippen LogP contribution is 2.27. The molecule has 3 rings (SSSR count). The van der Waals surface area contributed by atoms with E-state index in [9.17, 15) is 27.6 Å². The Morgan fingerprint density at radius 2 is 1.65 bits per heavy atom. The van der Waals surface area contributed by atoms with Crippen molar-refractivity contribution in [3.63, 3.8) is 0 Å². The van der Waals surface area contributed by atoms with Crippen LogP contribution in [-0.2, 0) is 4.74 Å². The number of alkyl halides is 3.